The highest BCUT2D eigenvalue weighted by Crippen LogP contribution is 2.22. The molecule has 4 heteroatoms. The maximum atomic E-state index is 12.4. The van der Waals surface area contributed by atoms with Crippen LogP contribution in [0, 0.1) is 11.8 Å². The molecule has 1 saturated carbocycles. The molecule has 19 heavy (non-hydrogen) atoms. The predicted molar refractivity (Wildman–Crippen MR) is 77.8 cm³/mol. The standard InChI is InChI=1S/C15H30N2O2/c1-4-19-10-14(11(2)3)17-15(18)12-8-6-5-7-9-13(12)16/h11-14H,4-10,16H2,1-3H3,(H,17,18). The Kier molecular flexibility index (Phi) is 7.39. The van der Waals surface area contributed by atoms with Gasteiger partial charge in [-0.3, -0.25) is 4.79 Å². The first kappa shape index (κ1) is 16.4. The van der Waals surface area contributed by atoms with Gasteiger partial charge in [-0.15, -0.1) is 0 Å². The van der Waals surface area contributed by atoms with E-state index in [-0.39, 0.29) is 23.9 Å². The summed E-state index contributed by atoms with van der Waals surface area (Å²) in [7, 11) is 0. The normalized spacial score (nSPS) is 25.9. The molecule has 0 heterocycles. The lowest BCUT2D eigenvalue weighted by molar-refractivity contribution is -0.127. The molecule has 3 unspecified atom stereocenters. The first-order chi connectivity index (χ1) is 9.06. The Morgan fingerprint density at radius 1 is 1.32 bits per heavy atom. The number of carbonyl (C=O) groups is 1. The van der Waals surface area contributed by atoms with Crippen molar-refractivity contribution in [2.45, 2.75) is 65.0 Å². The van der Waals surface area contributed by atoms with Gasteiger partial charge in [0.1, 0.15) is 0 Å². The van der Waals surface area contributed by atoms with E-state index >= 15 is 0 Å². The lowest BCUT2D eigenvalue weighted by atomic mass is 9.93. The molecule has 0 saturated heterocycles. The maximum absolute atomic E-state index is 12.4. The summed E-state index contributed by atoms with van der Waals surface area (Å²) in [5.41, 5.74) is 6.14. The van der Waals surface area contributed by atoms with Gasteiger partial charge in [0.15, 0.2) is 0 Å². The number of nitrogens with one attached hydrogen (secondary N) is 1. The molecule has 0 aromatic carbocycles. The van der Waals surface area contributed by atoms with Crippen LogP contribution in [0.2, 0.25) is 0 Å². The molecule has 0 radical (unpaired) electrons. The zero-order valence-electron chi connectivity index (χ0n) is 12.7. The Morgan fingerprint density at radius 2 is 2.00 bits per heavy atom. The number of hydrogen-bond donors (Lipinski definition) is 2. The smallest absolute Gasteiger partial charge is 0.224 e. The fraction of sp³-hybridized carbons (Fsp3) is 0.933. The van der Waals surface area contributed by atoms with E-state index in [1.54, 1.807) is 0 Å². The molecule has 3 atom stereocenters. The van der Waals surface area contributed by atoms with Gasteiger partial charge in [-0.05, 0) is 25.7 Å². The van der Waals surface area contributed by atoms with Crippen LogP contribution in [0.4, 0.5) is 0 Å². The van der Waals surface area contributed by atoms with Gasteiger partial charge < -0.3 is 15.8 Å². The summed E-state index contributed by atoms with van der Waals surface area (Å²) in [5.74, 6) is 0.468. The highest BCUT2D eigenvalue weighted by Gasteiger charge is 2.29. The van der Waals surface area contributed by atoms with Crippen LogP contribution >= 0.6 is 0 Å². The van der Waals surface area contributed by atoms with E-state index < -0.39 is 0 Å². The molecular weight excluding hydrogens is 240 g/mol. The molecule has 1 aliphatic rings. The average Bonchev–Trinajstić information content (AvgIpc) is 2.58. The summed E-state index contributed by atoms with van der Waals surface area (Å²) in [6.45, 7) is 7.46. The number of rotatable bonds is 6. The van der Waals surface area contributed by atoms with Gasteiger partial charge >= 0.3 is 0 Å². The van der Waals surface area contributed by atoms with Crippen LogP contribution in [-0.2, 0) is 9.53 Å². The largest absolute Gasteiger partial charge is 0.380 e. The summed E-state index contributed by atoms with van der Waals surface area (Å²) >= 11 is 0. The van der Waals surface area contributed by atoms with Crippen LogP contribution < -0.4 is 11.1 Å². The van der Waals surface area contributed by atoms with Gasteiger partial charge in [-0.1, -0.05) is 33.1 Å². The first-order valence-corrected chi connectivity index (χ1v) is 7.70. The summed E-state index contributed by atoms with van der Waals surface area (Å²) in [6, 6.07) is 0.102. The van der Waals surface area contributed by atoms with Crippen molar-refractivity contribution in [3.63, 3.8) is 0 Å². The molecule has 0 bridgehead atoms. The van der Waals surface area contributed by atoms with Crippen LogP contribution in [0.3, 0.4) is 0 Å². The third kappa shape index (κ3) is 5.49. The highest BCUT2D eigenvalue weighted by molar-refractivity contribution is 5.79. The van der Waals surface area contributed by atoms with E-state index in [1.165, 1.54) is 6.42 Å². The SMILES string of the molecule is CCOCC(NC(=O)C1CCCCCC1N)C(C)C. The molecule has 1 aliphatic carbocycles. The number of amides is 1. The van der Waals surface area contributed by atoms with Gasteiger partial charge in [0.2, 0.25) is 5.91 Å². The van der Waals surface area contributed by atoms with Crippen LogP contribution in [0.1, 0.15) is 52.9 Å². The van der Waals surface area contributed by atoms with Crippen molar-refractivity contribution < 1.29 is 9.53 Å². The number of hydrogen-bond acceptors (Lipinski definition) is 3. The fourth-order valence-electron chi connectivity index (χ4n) is 2.60. The van der Waals surface area contributed by atoms with E-state index in [4.69, 9.17) is 10.5 Å². The lowest BCUT2D eigenvalue weighted by Crippen LogP contribution is -2.48. The van der Waals surface area contributed by atoms with Gasteiger partial charge in [0.05, 0.1) is 18.6 Å². The van der Waals surface area contributed by atoms with E-state index in [0.717, 1.165) is 25.7 Å². The fourth-order valence-corrected chi connectivity index (χ4v) is 2.60. The molecule has 0 spiro atoms. The second-order valence-electron chi connectivity index (χ2n) is 5.93. The van der Waals surface area contributed by atoms with Gasteiger partial charge in [0, 0.05) is 12.6 Å². The Hall–Kier alpha value is -0.610. The molecule has 1 amide bonds. The second kappa shape index (κ2) is 8.54. The van der Waals surface area contributed by atoms with Gasteiger partial charge in [0.25, 0.3) is 0 Å². The minimum atomic E-state index is -0.0228. The van der Waals surface area contributed by atoms with Crippen molar-refractivity contribution >= 4 is 5.91 Å². The van der Waals surface area contributed by atoms with Gasteiger partial charge in [-0.2, -0.15) is 0 Å². The summed E-state index contributed by atoms with van der Waals surface area (Å²) in [6.07, 6.45) is 5.35. The minimum Gasteiger partial charge on any atom is -0.380 e. The minimum absolute atomic E-state index is 0.0161. The molecule has 112 valence electrons. The molecule has 4 nitrogen and oxygen atoms in total. The zero-order valence-corrected chi connectivity index (χ0v) is 12.7. The average molecular weight is 270 g/mol. The molecule has 0 aromatic heterocycles. The van der Waals surface area contributed by atoms with E-state index in [2.05, 4.69) is 19.2 Å². The van der Waals surface area contributed by atoms with Crippen LogP contribution in [-0.4, -0.2) is 31.2 Å². The molecule has 0 aromatic rings. The molecule has 1 rings (SSSR count). The van der Waals surface area contributed by atoms with Crippen LogP contribution in [0.5, 0.6) is 0 Å². The molecular formula is C15H30N2O2. The van der Waals surface area contributed by atoms with Crippen molar-refractivity contribution in [3.05, 3.63) is 0 Å². The molecule has 1 fully saturated rings. The third-order valence-electron chi connectivity index (χ3n) is 4.04. The number of ether oxygens (including phenoxy) is 1. The van der Waals surface area contributed by atoms with E-state index in [1.807, 2.05) is 6.92 Å². The number of carbonyl (C=O) groups excluding carboxylic acids is 1. The van der Waals surface area contributed by atoms with E-state index in [0.29, 0.717) is 19.1 Å². The lowest BCUT2D eigenvalue weighted by Gasteiger charge is -2.27. The number of nitrogens with two attached hydrogens (primary N) is 1. The Balaban J connectivity index is 2.54. The maximum Gasteiger partial charge on any atom is 0.224 e. The van der Waals surface area contributed by atoms with Crippen molar-refractivity contribution in [2.24, 2.45) is 17.6 Å². The first-order valence-electron chi connectivity index (χ1n) is 7.70. The van der Waals surface area contributed by atoms with Gasteiger partial charge in [-0.25, -0.2) is 0 Å². The molecule has 0 aliphatic heterocycles. The van der Waals surface area contributed by atoms with Crippen molar-refractivity contribution in [2.75, 3.05) is 13.2 Å². The van der Waals surface area contributed by atoms with Crippen molar-refractivity contribution in [1.29, 1.82) is 0 Å². The van der Waals surface area contributed by atoms with Crippen molar-refractivity contribution in [3.8, 4) is 0 Å². The summed E-state index contributed by atoms with van der Waals surface area (Å²) < 4.78 is 5.45. The third-order valence-corrected chi connectivity index (χ3v) is 4.04. The van der Waals surface area contributed by atoms with Crippen LogP contribution in [0.25, 0.3) is 0 Å². The topological polar surface area (TPSA) is 64.3 Å². The van der Waals surface area contributed by atoms with Crippen LogP contribution in [0.15, 0.2) is 0 Å². The summed E-state index contributed by atoms with van der Waals surface area (Å²) in [5, 5.41) is 3.14. The highest BCUT2D eigenvalue weighted by atomic mass is 16.5. The Bertz CT molecular complexity index is 269. The zero-order chi connectivity index (χ0) is 14.3. The second-order valence-corrected chi connectivity index (χ2v) is 5.93. The van der Waals surface area contributed by atoms with E-state index in [9.17, 15) is 4.79 Å². The quantitative estimate of drug-likeness (QED) is 0.726. The molecule has 3 N–H and O–H groups in total. The monoisotopic (exact) mass is 270 g/mol. The predicted octanol–water partition coefficient (Wildman–Crippen LogP) is 2.07. The van der Waals surface area contributed by atoms with Crippen molar-refractivity contribution in [1.82, 2.24) is 5.32 Å². The Labute approximate surface area is 117 Å². The summed E-state index contributed by atoms with van der Waals surface area (Å²) in [4.78, 5) is 12.4. The Morgan fingerprint density at radius 3 is 2.63 bits per heavy atom.